The summed E-state index contributed by atoms with van der Waals surface area (Å²) in [7, 11) is 0. The van der Waals surface area contributed by atoms with E-state index < -0.39 is 17.9 Å². The van der Waals surface area contributed by atoms with Gasteiger partial charge in [-0.05, 0) is 44.4 Å². The van der Waals surface area contributed by atoms with Gasteiger partial charge in [-0.2, -0.15) is 0 Å². The predicted octanol–water partition coefficient (Wildman–Crippen LogP) is 3.45. The van der Waals surface area contributed by atoms with Crippen LogP contribution in [-0.4, -0.2) is 29.6 Å². The van der Waals surface area contributed by atoms with Crippen molar-refractivity contribution >= 4 is 5.91 Å². The number of hydrogen-bond acceptors (Lipinski definition) is 3. The molecule has 2 N–H and O–H groups in total. The van der Waals surface area contributed by atoms with Gasteiger partial charge in [-0.15, -0.1) is 0 Å². The molecule has 1 amide bonds. The number of aliphatic hydroxyl groups excluding tert-OH is 1. The molecule has 0 bridgehead atoms. The quantitative estimate of drug-likeness (QED) is 0.833. The zero-order valence-electron chi connectivity index (χ0n) is 14.1. The van der Waals surface area contributed by atoms with Crippen molar-refractivity contribution in [3.05, 3.63) is 29.8 Å². The number of ether oxygens (including phenoxy) is 1. The van der Waals surface area contributed by atoms with Crippen LogP contribution in [-0.2, 0) is 4.79 Å². The van der Waals surface area contributed by atoms with Crippen molar-refractivity contribution < 1.29 is 23.4 Å². The number of carbonyl (C=O) groups is 1. The van der Waals surface area contributed by atoms with E-state index in [4.69, 9.17) is 4.74 Å². The summed E-state index contributed by atoms with van der Waals surface area (Å²) >= 11 is 0. The number of aliphatic hydroxyl groups is 1. The van der Waals surface area contributed by atoms with E-state index in [1.807, 2.05) is 13.8 Å². The Bertz CT molecular complexity index is 553. The first kappa shape index (κ1) is 18.6. The third kappa shape index (κ3) is 5.44. The van der Waals surface area contributed by atoms with Crippen molar-refractivity contribution in [1.82, 2.24) is 5.32 Å². The normalized spacial score (nSPS) is 19.1. The Kier molecular flexibility index (Phi) is 6.15. The first-order valence-electron chi connectivity index (χ1n) is 8.37. The zero-order chi connectivity index (χ0) is 17.7. The highest BCUT2D eigenvalue weighted by molar-refractivity contribution is 5.78. The van der Waals surface area contributed by atoms with E-state index in [0.717, 1.165) is 0 Å². The smallest absolute Gasteiger partial charge is 0.248 e. The molecule has 0 aliphatic heterocycles. The molecule has 1 fully saturated rings. The van der Waals surface area contributed by atoms with Crippen LogP contribution in [0.15, 0.2) is 24.3 Å². The van der Waals surface area contributed by atoms with Crippen LogP contribution >= 0.6 is 0 Å². The molecule has 4 nitrogen and oxygen atoms in total. The molecule has 6 heteroatoms. The van der Waals surface area contributed by atoms with Crippen LogP contribution in [0.4, 0.5) is 8.78 Å². The molecule has 1 aliphatic carbocycles. The Hall–Kier alpha value is -1.69. The maximum absolute atomic E-state index is 13.1. The molecule has 1 aromatic carbocycles. The summed E-state index contributed by atoms with van der Waals surface area (Å²) in [6.45, 7) is 3.88. The topological polar surface area (TPSA) is 58.6 Å². The molecule has 2 rings (SSSR count). The lowest BCUT2D eigenvalue weighted by Crippen LogP contribution is -2.37. The summed E-state index contributed by atoms with van der Waals surface area (Å²) in [6, 6.07) is 7.07. The molecule has 134 valence electrons. The Morgan fingerprint density at radius 2 is 2.04 bits per heavy atom. The van der Waals surface area contributed by atoms with Gasteiger partial charge in [-0.1, -0.05) is 12.1 Å². The molecule has 1 unspecified atom stereocenters. The number of carbonyl (C=O) groups excluding carboxylic acids is 1. The van der Waals surface area contributed by atoms with Crippen molar-refractivity contribution in [3.8, 4) is 5.75 Å². The average Bonchev–Trinajstić information content (AvgIpc) is 2.52. The molecule has 1 atom stereocenters. The van der Waals surface area contributed by atoms with Crippen molar-refractivity contribution in [2.24, 2.45) is 5.92 Å². The van der Waals surface area contributed by atoms with E-state index in [9.17, 15) is 18.7 Å². The number of benzene rings is 1. The van der Waals surface area contributed by atoms with E-state index in [1.54, 1.807) is 24.3 Å². The molecular formula is C18H25F2NO3. The summed E-state index contributed by atoms with van der Waals surface area (Å²) in [5.41, 5.74) is 0.642. The first-order chi connectivity index (χ1) is 11.3. The van der Waals surface area contributed by atoms with Crippen LogP contribution in [0, 0.1) is 5.92 Å². The lowest BCUT2D eigenvalue weighted by atomic mass is 9.86. The van der Waals surface area contributed by atoms with Crippen LogP contribution in [0.5, 0.6) is 5.75 Å². The summed E-state index contributed by atoms with van der Waals surface area (Å²) in [4.78, 5) is 12.1. The van der Waals surface area contributed by atoms with Gasteiger partial charge in [0.2, 0.25) is 11.8 Å². The standard InChI is InChI=1S/C18H25F2NO3/c1-12(2)24-15-5-3-4-14(10-15)16(22)11-21-17(23)13-6-8-18(19,20)9-7-13/h3-5,10,12-13,16,22H,6-9,11H2,1-2H3,(H,21,23). The fourth-order valence-corrected chi connectivity index (χ4v) is 2.83. The Morgan fingerprint density at radius 3 is 2.67 bits per heavy atom. The fourth-order valence-electron chi connectivity index (χ4n) is 2.83. The lowest BCUT2D eigenvalue weighted by Gasteiger charge is -2.27. The first-order valence-corrected chi connectivity index (χ1v) is 8.37. The van der Waals surface area contributed by atoms with Gasteiger partial charge in [0.1, 0.15) is 5.75 Å². The third-order valence-electron chi connectivity index (χ3n) is 4.17. The Balaban J connectivity index is 1.84. The maximum Gasteiger partial charge on any atom is 0.248 e. The Morgan fingerprint density at radius 1 is 1.38 bits per heavy atom. The van der Waals surface area contributed by atoms with Gasteiger partial charge in [-0.25, -0.2) is 8.78 Å². The monoisotopic (exact) mass is 341 g/mol. The summed E-state index contributed by atoms with van der Waals surface area (Å²) in [5, 5.41) is 12.9. The second-order valence-electron chi connectivity index (χ2n) is 6.63. The Labute approximate surface area is 141 Å². The van der Waals surface area contributed by atoms with Crippen molar-refractivity contribution in [2.45, 2.75) is 57.7 Å². The number of hydrogen-bond donors (Lipinski definition) is 2. The molecule has 24 heavy (non-hydrogen) atoms. The summed E-state index contributed by atoms with van der Waals surface area (Å²) < 4.78 is 31.8. The van der Waals surface area contributed by atoms with Crippen LogP contribution in [0.2, 0.25) is 0 Å². The second kappa shape index (κ2) is 7.92. The summed E-state index contributed by atoms with van der Waals surface area (Å²) in [5.74, 6) is -2.65. The number of halogens is 2. The highest BCUT2D eigenvalue weighted by Crippen LogP contribution is 2.36. The number of alkyl halides is 2. The van der Waals surface area contributed by atoms with E-state index in [0.29, 0.717) is 11.3 Å². The maximum atomic E-state index is 13.1. The van der Waals surface area contributed by atoms with Gasteiger partial charge in [-0.3, -0.25) is 4.79 Å². The zero-order valence-corrected chi connectivity index (χ0v) is 14.1. The molecule has 1 aromatic rings. The molecule has 0 radical (unpaired) electrons. The largest absolute Gasteiger partial charge is 0.491 e. The van der Waals surface area contributed by atoms with Crippen molar-refractivity contribution in [1.29, 1.82) is 0 Å². The van der Waals surface area contributed by atoms with Crippen LogP contribution in [0.25, 0.3) is 0 Å². The number of rotatable bonds is 6. The van der Waals surface area contributed by atoms with Gasteiger partial charge >= 0.3 is 0 Å². The fraction of sp³-hybridized carbons (Fsp3) is 0.611. The van der Waals surface area contributed by atoms with Crippen LogP contribution in [0.1, 0.15) is 51.2 Å². The van der Waals surface area contributed by atoms with Crippen LogP contribution in [0.3, 0.4) is 0 Å². The minimum Gasteiger partial charge on any atom is -0.491 e. The predicted molar refractivity (Wildman–Crippen MR) is 87.1 cm³/mol. The van der Waals surface area contributed by atoms with E-state index in [1.165, 1.54) is 0 Å². The lowest BCUT2D eigenvalue weighted by molar-refractivity contribution is -0.129. The van der Waals surface area contributed by atoms with Gasteiger partial charge in [0, 0.05) is 25.3 Å². The second-order valence-corrected chi connectivity index (χ2v) is 6.63. The van der Waals surface area contributed by atoms with E-state index in [-0.39, 0.29) is 44.2 Å². The van der Waals surface area contributed by atoms with Crippen LogP contribution < -0.4 is 10.1 Å². The van der Waals surface area contributed by atoms with Gasteiger partial charge in [0.25, 0.3) is 0 Å². The molecular weight excluding hydrogens is 316 g/mol. The van der Waals surface area contributed by atoms with E-state index >= 15 is 0 Å². The molecule has 1 aliphatic rings. The van der Waals surface area contributed by atoms with Crippen molar-refractivity contribution in [2.75, 3.05) is 6.54 Å². The molecule has 1 saturated carbocycles. The SMILES string of the molecule is CC(C)Oc1cccc(C(O)CNC(=O)C2CCC(F)(F)CC2)c1. The third-order valence-corrected chi connectivity index (χ3v) is 4.17. The minimum absolute atomic E-state index is 0.0292. The number of nitrogens with one attached hydrogen (secondary N) is 1. The molecule has 0 heterocycles. The minimum atomic E-state index is -2.65. The van der Waals surface area contributed by atoms with Gasteiger partial charge in [0.05, 0.1) is 12.2 Å². The van der Waals surface area contributed by atoms with E-state index in [2.05, 4.69) is 5.32 Å². The number of amides is 1. The highest BCUT2D eigenvalue weighted by atomic mass is 19.3. The molecule has 0 aromatic heterocycles. The van der Waals surface area contributed by atoms with Gasteiger partial charge < -0.3 is 15.2 Å². The average molecular weight is 341 g/mol. The summed E-state index contributed by atoms with van der Waals surface area (Å²) in [6.07, 6.45) is -0.958. The highest BCUT2D eigenvalue weighted by Gasteiger charge is 2.37. The van der Waals surface area contributed by atoms with Crippen molar-refractivity contribution in [3.63, 3.8) is 0 Å². The van der Waals surface area contributed by atoms with Gasteiger partial charge in [0.15, 0.2) is 0 Å². The molecule has 0 saturated heterocycles. The molecule has 0 spiro atoms.